The van der Waals surface area contributed by atoms with E-state index in [-0.39, 0.29) is 5.91 Å². The molecule has 30 heavy (non-hydrogen) atoms. The molecule has 1 saturated heterocycles. The van der Waals surface area contributed by atoms with Gasteiger partial charge in [0.05, 0.1) is 10.6 Å². The second kappa shape index (κ2) is 8.73. The highest BCUT2D eigenvalue weighted by atomic mass is 32.2. The van der Waals surface area contributed by atoms with Gasteiger partial charge in [-0.15, -0.1) is 0 Å². The highest BCUT2D eigenvalue weighted by Gasteiger charge is 2.33. The van der Waals surface area contributed by atoms with Crippen molar-refractivity contribution in [2.45, 2.75) is 0 Å². The molecule has 150 valence electrons. The molecule has 1 amide bonds. The SMILES string of the molecule is CN(C)c1ccc(/C=C2\SC(=S)N(c3ccc(Oc4ccccc4)cc3)C2=O)cc1. The monoisotopic (exact) mass is 432 g/mol. The van der Waals surface area contributed by atoms with Crippen LogP contribution in [0, 0.1) is 0 Å². The van der Waals surface area contributed by atoms with Crippen molar-refractivity contribution < 1.29 is 9.53 Å². The number of ether oxygens (including phenoxy) is 1. The van der Waals surface area contributed by atoms with Gasteiger partial charge in [0, 0.05) is 19.8 Å². The zero-order valence-corrected chi connectivity index (χ0v) is 18.2. The summed E-state index contributed by atoms with van der Waals surface area (Å²) in [4.78, 5) is 17.2. The fourth-order valence-corrected chi connectivity index (χ4v) is 4.30. The van der Waals surface area contributed by atoms with E-state index in [0.29, 0.717) is 15.0 Å². The number of anilines is 2. The first kappa shape index (κ1) is 20.2. The lowest BCUT2D eigenvalue weighted by Crippen LogP contribution is -2.27. The number of carbonyl (C=O) groups excluding carboxylic acids is 1. The Morgan fingerprint density at radius 1 is 0.900 bits per heavy atom. The predicted octanol–water partition coefficient (Wildman–Crippen LogP) is 5.95. The molecule has 0 saturated carbocycles. The van der Waals surface area contributed by atoms with Crippen LogP contribution in [0.3, 0.4) is 0 Å². The van der Waals surface area contributed by atoms with Crippen molar-refractivity contribution >= 4 is 51.7 Å². The standard InChI is InChI=1S/C24H20N2O2S2/c1-25(2)18-10-8-17(9-11-18)16-22-23(27)26(24(29)30-22)19-12-14-21(15-13-19)28-20-6-4-3-5-7-20/h3-16H,1-2H3/b22-16-. The number of rotatable bonds is 5. The van der Waals surface area contributed by atoms with Gasteiger partial charge >= 0.3 is 0 Å². The number of carbonyl (C=O) groups is 1. The number of hydrogen-bond donors (Lipinski definition) is 0. The van der Waals surface area contributed by atoms with Gasteiger partial charge < -0.3 is 9.64 Å². The fourth-order valence-electron chi connectivity index (χ4n) is 3.00. The Morgan fingerprint density at radius 2 is 1.53 bits per heavy atom. The lowest BCUT2D eigenvalue weighted by atomic mass is 10.2. The number of amides is 1. The molecule has 0 bridgehead atoms. The topological polar surface area (TPSA) is 32.8 Å². The molecule has 1 fully saturated rings. The minimum absolute atomic E-state index is 0.113. The first-order valence-corrected chi connectivity index (χ1v) is 10.6. The summed E-state index contributed by atoms with van der Waals surface area (Å²) < 4.78 is 6.34. The van der Waals surface area contributed by atoms with E-state index in [4.69, 9.17) is 17.0 Å². The highest BCUT2D eigenvalue weighted by molar-refractivity contribution is 8.27. The molecular formula is C24H20N2O2S2. The maximum atomic E-state index is 13.0. The van der Waals surface area contributed by atoms with Crippen molar-refractivity contribution in [3.8, 4) is 11.5 Å². The molecule has 4 rings (SSSR count). The maximum absolute atomic E-state index is 13.0. The van der Waals surface area contributed by atoms with E-state index in [2.05, 4.69) is 0 Å². The quantitative estimate of drug-likeness (QED) is 0.367. The van der Waals surface area contributed by atoms with Gasteiger partial charge in [-0.1, -0.05) is 54.3 Å². The Labute approximate surface area is 185 Å². The summed E-state index contributed by atoms with van der Waals surface area (Å²) in [7, 11) is 3.99. The second-order valence-corrected chi connectivity index (χ2v) is 8.59. The Bertz CT molecular complexity index is 1090. The summed E-state index contributed by atoms with van der Waals surface area (Å²) in [6.07, 6.45) is 1.88. The third-order valence-corrected chi connectivity index (χ3v) is 5.88. The fraction of sp³-hybridized carbons (Fsp3) is 0.0833. The number of hydrogen-bond acceptors (Lipinski definition) is 5. The van der Waals surface area contributed by atoms with E-state index in [1.165, 1.54) is 11.8 Å². The average molecular weight is 433 g/mol. The first-order chi connectivity index (χ1) is 14.5. The number of thiocarbonyl (C=S) groups is 1. The van der Waals surface area contributed by atoms with Crippen molar-refractivity contribution in [1.82, 2.24) is 0 Å². The van der Waals surface area contributed by atoms with Crippen molar-refractivity contribution in [2.75, 3.05) is 23.9 Å². The summed E-state index contributed by atoms with van der Waals surface area (Å²) >= 11 is 6.79. The smallest absolute Gasteiger partial charge is 0.270 e. The van der Waals surface area contributed by atoms with E-state index in [9.17, 15) is 4.79 Å². The first-order valence-electron chi connectivity index (χ1n) is 9.39. The molecule has 0 aromatic heterocycles. The van der Waals surface area contributed by atoms with Gasteiger partial charge in [-0.05, 0) is 60.2 Å². The number of benzene rings is 3. The van der Waals surface area contributed by atoms with Gasteiger partial charge in [0.15, 0.2) is 4.32 Å². The lowest BCUT2D eigenvalue weighted by molar-refractivity contribution is -0.113. The van der Waals surface area contributed by atoms with Crippen LogP contribution < -0.4 is 14.5 Å². The van der Waals surface area contributed by atoms with E-state index in [1.807, 2.05) is 104 Å². The van der Waals surface area contributed by atoms with Crippen LogP contribution in [0.15, 0.2) is 83.8 Å². The molecule has 0 aliphatic carbocycles. The zero-order valence-electron chi connectivity index (χ0n) is 16.6. The highest BCUT2D eigenvalue weighted by Crippen LogP contribution is 2.37. The van der Waals surface area contributed by atoms with Crippen LogP contribution in [0.5, 0.6) is 11.5 Å². The van der Waals surface area contributed by atoms with E-state index < -0.39 is 0 Å². The number of nitrogens with zero attached hydrogens (tertiary/aromatic N) is 2. The van der Waals surface area contributed by atoms with Crippen LogP contribution in [-0.4, -0.2) is 24.3 Å². The molecule has 6 heteroatoms. The number of thioether (sulfide) groups is 1. The molecule has 1 aliphatic rings. The molecule has 4 nitrogen and oxygen atoms in total. The molecule has 3 aromatic rings. The molecule has 0 N–H and O–H groups in total. The van der Waals surface area contributed by atoms with Crippen molar-refractivity contribution in [2.24, 2.45) is 0 Å². The van der Waals surface area contributed by atoms with E-state index in [0.717, 1.165) is 22.7 Å². The van der Waals surface area contributed by atoms with Crippen LogP contribution in [-0.2, 0) is 4.79 Å². The van der Waals surface area contributed by atoms with Crippen LogP contribution in [0.2, 0.25) is 0 Å². The summed E-state index contributed by atoms with van der Waals surface area (Å²) in [6.45, 7) is 0. The second-order valence-electron chi connectivity index (χ2n) is 6.91. The van der Waals surface area contributed by atoms with Gasteiger partial charge in [0.25, 0.3) is 5.91 Å². The summed E-state index contributed by atoms with van der Waals surface area (Å²) in [5.41, 5.74) is 2.80. The molecule has 3 aromatic carbocycles. The summed E-state index contributed by atoms with van der Waals surface area (Å²) in [5, 5.41) is 0. The minimum atomic E-state index is -0.113. The molecule has 0 unspecified atom stereocenters. The minimum Gasteiger partial charge on any atom is -0.457 e. The molecule has 0 atom stereocenters. The number of para-hydroxylation sites is 1. The Hall–Kier alpha value is -3.09. The van der Waals surface area contributed by atoms with Crippen molar-refractivity contribution in [3.63, 3.8) is 0 Å². The Kier molecular flexibility index (Phi) is 5.88. The van der Waals surface area contributed by atoms with Gasteiger partial charge in [0.2, 0.25) is 0 Å². The summed E-state index contributed by atoms with van der Waals surface area (Å²) in [5.74, 6) is 1.35. The zero-order chi connectivity index (χ0) is 21.1. The third kappa shape index (κ3) is 4.40. The van der Waals surface area contributed by atoms with Gasteiger partial charge in [-0.2, -0.15) is 0 Å². The Balaban J connectivity index is 1.51. The average Bonchev–Trinajstić information content (AvgIpc) is 3.03. The third-order valence-electron chi connectivity index (χ3n) is 4.57. The van der Waals surface area contributed by atoms with Crippen LogP contribution >= 0.6 is 24.0 Å². The largest absolute Gasteiger partial charge is 0.457 e. The van der Waals surface area contributed by atoms with Crippen molar-refractivity contribution in [3.05, 3.63) is 89.3 Å². The van der Waals surface area contributed by atoms with Crippen LogP contribution in [0.1, 0.15) is 5.56 Å². The molecule has 0 radical (unpaired) electrons. The maximum Gasteiger partial charge on any atom is 0.270 e. The molecule has 1 aliphatic heterocycles. The van der Waals surface area contributed by atoms with Crippen LogP contribution in [0.25, 0.3) is 6.08 Å². The van der Waals surface area contributed by atoms with Crippen molar-refractivity contribution in [1.29, 1.82) is 0 Å². The predicted molar refractivity (Wildman–Crippen MR) is 129 cm³/mol. The lowest BCUT2D eigenvalue weighted by Gasteiger charge is -2.15. The van der Waals surface area contributed by atoms with Gasteiger partial charge in [-0.25, -0.2) is 0 Å². The normalized spacial score (nSPS) is 15.0. The van der Waals surface area contributed by atoms with E-state index in [1.54, 1.807) is 4.90 Å². The molecule has 1 heterocycles. The summed E-state index contributed by atoms with van der Waals surface area (Å²) in [6, 6.07) is 25.0. The molecule has 0 spiro atoms. The molecular weight excluding hydrogens is 412 g/mol. The van der Waals surface area contributed by atoms with Gasteiger partial charge in [-0.3, -0.25) is 9.69 Å². The Morgan fingerprint density at radius 3 is 2.17 bits per heavy atom. The van der Waals surface area contributed by atoms with E-state index >= 15 is 0 Å². The van der Waals surface area contributed by atoms with Crippen LogP contribution in [0.4, 0.5) is 11.4 Å². The van der Waals surface area contributed by atoms with Gasteiger partial charge in [0.1, 0.15) is 11.5 Å².